The van der Waals surface area contributed by atoms with E-state index in [1.54, 1.807) is 0 Å². The van der Waals surface area contributed by atoms with Gasteiger partial charge in [-0.25, -0.2) is 0 Å². The number of aryl methyl sites for hydroxylation is 1. The summed E-state index contributed by atoms with van der Waals surface area (Å²) in [5, 5.41) is 3.33. The third kappa shape index (κ3) is 5.31. The van der Waals surface area contributed by atoms with E-state index < -0.39 is 5.54 Å². The number of nitrogens with one attached hydrogen (secondary N) is 1. The van der Waals surface area contributed by atoms with Gasteiger partial charge in [-0.3, -0.25) is 4.79 Å². The SMILES string of the molecule is COC(=O)C(C)(CCc1ccccc1)NCCN(C)C. The minimum atomic E-state index is -0.638. The summed E-state index contributed by atoms with van der Waals surface area (Å²) in [6.07, 6.45) is 1.57. The molecular weight excluding hydrogens is 252 g/mol. The monoisotopic (exact) mass is 278 g/mol. The number of rotatable bonds is 8. The maximum atomic E-state index is 12.0. The van der Waals surface area contributed by atoms with Crippen LogP contribution in [0.3, 0.4) is 0 Å². The molecule has 1 rings (SSSR count). The molecule has 0 radical (unpaired) electrons. The summed E-state index contributed by atoms with van der Waals surface area (Å²) in [5.74, 6) is -0.202. The van der Waals surface area contributed by atoms with E-state index in [1.807, 2.05) is 39.2 Å². The lowest BCUT2D eigenvalue weighted by Gasteiger charge is -2.29. The van der Waals surface area contributed by atoms with Crippen molar-refractivity contribution < 1.29 is 9.53 Å². The van der Waals surface area contributed by atoms with Crippen molar-refractivity contribution >= 4 is 5.97 Å². The maximum absolute atomic E-state index is 12.0. The summed E-state index contributed by atoms with van der Waals surface area (Å²) in [7, 11) is 5.47. The molecule has 0 aliphatic carbocycles. The largest absolute Gasteiger partial charge is 0.468 e. The van der Waals surface area contributed by atoms with Gasteiger partial charge in [-0.1, -0.05) is 30.3 Å². The highest BCUT2D eigenvalue weighted by Crippen LogP contribution is 2.16. The van der Waals surface area contributed by atoms with Crippen molar-refractivity contribution in [3.63, 3.8) is 0 Å². The topological polar surface area (TPSA) is 41.6 Å². The van der Waals surface area contributed by atoms with Gasteiger partial charge in [0.2, 0.25) is 0 Å². The first-order valence-electron chi connectivity index (χ1n) is 7.00. The Morgan fingerprint density at radius 1 is 1.30 bits per heavy atom. The summed E-state index contributed by atoms with van der Waals surface area (Å²) in [4.78, 5) is 14.1. The van der Waals surface area contributed by atoms with Gasteiger partial charge in [-0.05, 0) is 39.4 Å². The van der Waals surface area contributed by atoms with E-state index in [0.29, 0.717) is 0 Å². The number of hydrogen-bond acceptors (Lipinski definition) is 4. The van der Waals surface area contributed by atoms with E-state index in [0.717, 1.165) is 25.9 Å². The average Bonchev–Trinajstić information content (AvgIpc) is 2.45. The highest BCUT2D eigenvalue weighted by atomic mass is 16.5. The van der Waals surface area contributed by atoms with Gasteiger partial charge < -0.3 is 15.0 Å². The lowest BCUT2D eigenvalue weighted by atomic mass is 9.93. The van der Waals surface area contributed by atoms with Crippen LogP contribution in [0.4, 0.5) is 0 Å². The Kier molecular flexibility index (Phi) is 6.68. The van der Waals surface area contributed by atoms with E-state index in [4.69, 9.17) is 4.74 Å². The Balaban J connectivity index is 2.61. The molecule has 4 nitrogen and oxygen atoms in total. The molecule has 1 N–H and O–H groups in total. The molecule has 112 valence electrons. The van der Waals surface area contributed by atoms with Crippen molar-refractivity contribution in [1.82, 2.24) is 10.2 Å². The van der Waals surface area contributed by atoms with Crippen LogP contribution in [0.15, 0.2) is 30.3 Å². The highest BCUT2D eigenvalue weighted by molar-refractivity contribution is 5.80. The summed E-state index contributed by atoms with van der Waals surface area (Å²) in [5.41, 5.74) is 0.595. The molecular formula is C16H26N2O2. The zero-order chi connectivity index (χ0) is 15.0. The molecule has 0 aliphatic heterocycles. The number of carbonyl (C=O) groups excluding carboxylic acids is 1. The number of benzene rings is 1. The molecule has 0 aliphatic rings. The van der Waals surface area contributed by atoms with Crippen LogP contribution < -0.4 is 5.32 Å². The fraction of sp³-hybridized carbons (Fsp3) is 0.562. The molecule has 1 atom stereocenters. The molecule has 0 fully saturated rings. The number of hydrogen-bond donors (Lipinski definition) is 1. The van der Waals surface area contributed by atoms with Crippen molar-refractivity contribution in [2.24, 2.45) is 0 Å². The fourth-order valence-corrected chi connectivity index (χ4v) is 2.08. The molecule has 0 heterocycles. The molecule has 0 saturated carbocycles. The minimum Gasteiger partial charge on any atom is -0.468 e. The second-order valence-electron chi connectivity index (χ2n) is 5.54. The van der Waals surface area contributed by atoms with Gasteiger partial charge in [0.25, 0.3) is 0 Å². The van der Waals surface area contributed by atoms with Crippen molar-refractivity contribution in [1.29, 1.82) is 0 Å². The number of esters is 1. The Labute approximate surface area is 122 Å². The molecule has 0 saturated heterocycles. The third-order valence-corrected chi connectivity index (χ3v) is 3.47. The lowest BCUT2D eigenvalue weighted by molar-refractivity contribution is -0.148. The molecule has 0 aromatic heterocycles. The quantitative estimate of drug-likeness (QED) is 0.735. The van der Waals surface area contributed by atoms with Gasteiger partial charge in [-0.2, -0.15) is 0 Å². The minimum absolute atomic E-state index is 0.202. The van der Waals surface area contributed by atoms with Gasteiger partial charge in [0.1, 0.15) is 5.54 Å². The van der Waals surface area contributed by atoms with Crippen LogP contribution in [0.25, 0.3) is 0 Å². The number of carbonyl (C=O) groups is 1. The molecule has 1 aromatic carbocycles. The van der Waals surface area contributed by atoms with Gasteiger partial charge in [0.05, 0.1) is 7.11 Å². The van der Waals surface area contributed by atoms with Gasteiger partial charge >= 0.3 is 5.97 Å². The van der Waals surface area contributed by atoms with Crippen LogP contribution in [0.1, 0.15) is 18.9 Å². The van der Waals surface area contributed by atoms with E-state index >= 15 is 0 Å². The van der Waals surface area contributed by atoms with Gasteiger partial charge in [0, 0.05) is 13.1 Å². The number of likely N-dealkylation sites (N-methyl/N-ethyl adjacent to an activating group) is 1. The van der Waals surface area contributed by atoms with E-state index in [1.165, 1.54) is 12.7 Å². The summed E-state index contributed by atoms with van der Waals surface area (Å²) in [6, 6.07) is 10.2. The predicted molar refractivity (Wildman–Crippen MR) is 81.7 cm³/mol. The predicted octanol–water partition coefficient (Wildman–Crippen LogP) is 1.70. The smallest absolute Gasteiger partial charge is 0.325 e. The van der Waals surface area contributed by atoms with Crippen molar-refractivity contribution in [3.8, 4) is 0 Å². The van der Waals surface area contributed by atoms with Crippen LogP contribution in [0.2, 0.25) is 0 Å². The van der Waals surface area contributed by atoms with Crippen molar-refractivity contribution in [2.75, 3.05) is 34.3 Å². The number of ether oxygens (including phenoxy) is 1. The maximum Gasteiger partial charge on any atom is 0.325 e. The average molecular weight is 278 g/mol. The second kappa shape index (κ2) is 8.02. The first kappa shape index (κ1) is 16.7. The zero-order valence-corrected chi connectivity index (χ0v) is 13.0. The Morgan fingerprint density at radius 2 is 1.95 bits per heavy atom. The summed E-state index contributed by atoms with van der Waals surface area (Å²) >= 11 is 0. The molecule has 4 heteroatoms. The molecule has 0 spiro atoms. The summed E-state index contributed by atoms with van der Waals surface area (Å²) < 4.78 is 4.95. The van der Waals surface area contributed by atoms with Gasteiger partial charge in [-0.15, -0.1) is 0 Å². The van der Waals surface area contributed by atoms with E-state index in [9.17, 15) is 4.79 Å². The molecule has 20 heavy (non-hydrogen) atoms. The lowest BCUT2D eigenvalue weighted by Crippen LogP contribution is -2.52. The van der Waals surface area contributed by atoms with Crippen molar-refractivity contribution in [2.45, 2.75) is 25.3 Å². The van der Waals surface area contributed by atoms with Crippen LogP contribution in [0.5, 0.6) is 0 Å². The van der Waals surface area contributed by atoms with Gasteiger partial charge in [0.15, 0.2) is 0 Å². The number of methoxy groups -OCH3 is 1. The second-order valence-corrected chi connectivity index (χ2v) is 5.54. The first-order valence-corrected chi connectivity index (χ1v) is 7.00. The van der Waals surface area contributed by atoms with E-state index in [-0.39, 0.29) is 5.97 Å². The van der Waals surface area contributed by atoms with Crippen LogP contribution in [-0.2, 0) is 16.0 Å². The summed E-state index contributed by atoms with van der Waals surface area (Å²) in [6.45, 7) is 3.56. The third-order valence-electron chi connectivity index (χ3n) is 3.47. The molecule has 0 bridgehead atoms. The van der Waals surface area contributed by atoms with E-state index in [2.05, 4.69) is 22.3 Å². The van der Waals surface area contributed by atoms with Crippen LogP contribution in [-0.4, -0.2) is 50.7 Å². The van der Waals surface area contributed by atoms with Crippen LogP contribution in [0, 0.1) is 0 Å². The highest BCUT2D eigenvalue weighted by Gasteiger charge is 2.33. The Hall–Kier alpha value is -1.39. The Bertz CT molecular complexity index is 406. The Morgan fingerprint density at radius 3 is 2.50 bits per heavy atom. The zero-order valence-electron chi connectivity index (χ0n) is 13.0. The molecule has 1 unspecified atom stereocenters. The van der Waals surface area contributed by atoms with Crippen LogP contribution >= 0.6 is 0 Å². The fourth-order valence-electron chi connectivity index (χ4n) is 2.08. The first-order chi connectivity index (χ1) is 9.48. The molecule has 0 amide bonds. The molecule has 1 aromatic rings. The normalized spacial score (nSPS) is 14.1. The standard InChI is InChI=1S/C16H26N2O2/c1-16(15(19)20-4,17-12-13-18(2)3)11-10-14-8-6-5-7-9-14/h5-9,17H,10-13H2,1-4H3. The van der Waals surface area contributed by atoms with Crippen molar-refractivity contribution in [3.05, 3.63) is 35.9 Å². The number of nitrogens with zero attached hydrogens (tertiary/aromatic N) is 1.